The molecule has 4 heteroatoms. The Morgan fingerprint density at radius 3 is 2.63 bits per heavy atom. The lowest BCUT2D eigenvalue weighted by atomic mass is 10.2. The van der Waals surface area contributed by atoms with Gasteiger partial charge in [0.1, 0.15) is 0 Å². The number of carbonyl (C=O) groups is 1. The summed E-state index contributed by atoms with van der Waals surface area (Å²) in [6, 6.07) is 12.7. The predicted molar refractivity (Wildman–Crippen MR) is 76.3 cm³/mol. The number of carbonyl (C=O) groups excluding carboxylic acids is 1. The normalized spacial score (nSPS) is 10.2. The zero-order chi connectivity index (χ0) is 13.5. The third kappa shape index (κ3) is 4.38. The van der Waals surface area contributed by atoms with E-state index >= 15 is 0 Å². The monoisotopic (exact) mass is 274 g/mol. The molecular formula is C15H15ClN2O. The molecule has 1 aromatic heterocycles. The van der Waals surface area contributed by atoms with E-state index in [2.05, 4.69) is 10.3 Å². The Bertz CT molecular complexity index is 526. The molecule has 0 unspecified atom stereocenters. The van der Waals surface area contributed by atoms with Crippen molar-refractivity contribution in [2.24, 2.45) is 0 Å². The third-order valence-corrected chi connectivity index (χ3v) is 2.98. The SMILES string of the molecule is O=C(NCCCc1ccccn1)c1ccc(Cl)cc1. The fourth-order valence-electron chi connectivity index (χ4n) is 1.72. The number of amides is 1. The lowest BCUT2D eigenvalue weighted by molar-refractivity contribution is 0.0953. The Hall–Kier alpha value is -1.87. The highest BCUT2D eigenvalue weighted by Gasteiger charge is 2.04. The number of hydrogen-bond acceptors (Lipinski definition) is 2. The van der Waals surface area contributed by atoms with Crippen molar-refractivity contribution in [2.45, 2.75) is 12.8 Å². The molecule has 19 heavy (non-hydrogen) atoms. The molecular weight excluding hydrogens is 260 g/mol. The molecule has 0 bridgehead atoms. The molecule has 1 N–H and O–H groups in total. The van der Waals surface area contributed by atoms with E-state index in [-0.39, 0.29) is 5.91 Å². The Balaban J connectivity index is 1.74. The maximum atomic E-state index is 11.8. The van der Waals surface area contributed by atoms with E-state index < -0.39 is 0 Å². The van der Waals surface area contributed by atoms with E-state index in [1.165, 1.54) is 0 Å². The van der Waals surface area contributed by atoms with Crippen molar-refractivity contribution in [2.75, 3.05) is 6.54 Å². The van der Waals surface area contributed by atoms with Gasteiger partial charge in [-0.2, -0.15) is 0 Å². The van der Waals surface area contributed by atoms with Crippen LogP contribution in [0.3, 0.4) is 0 Å². The van der Waals surface area contributed by atoms with Gasteiger partial charge in [-0.1, -0.05) is 17.7 Å². The number of halogens is 1. The molecule has 0 aliphatic heterocycles. The molecule has 0 aliphatic carbocycles. The topological polar surface area (TPSA) is 42.0 Å². The lowest BCUT2D eigenvalue weighted by Gasteiger charge is -2.05. The summed E-state index contributed by atoms with van der Waals surface area (Å²) < 4.78 is 0. The van der Waals surface area contributed by atoms with Gasteiger partial charge in [0.2, 0.25) is 0 Å². The number of aryl methyl sites for hydroxylation is 1. The number of nitrogens with zero attached hydrogens (tertiary/aromatic N) is 1. The van der Waals surface area contributed by atoms with Crippen molar-refractivity contribution in [1.29, 1.82) is 0 Å². The summed E-state index contributed by atoms with van der Waals surface area (Å²) in [5.41, 5.74) is 1.67. The average Bonchev–Trinajstić information content (AvgIpc) is 2.45. The smallest absolute Gasteiger partial charge is 0.251 e. The van der Waals surface area contributed by atoms with Gasteiger partial charge in [-0.3, -0.25) is 9.78 Å². The molecule has 0 atom stereocenters. The van der Waals surface area contributed by atoms with Crippen LogP contribution in [0.15, 0.2) is 48.7 Å². The zero-order valence-electron chi connectivity index (χ0n) is 10.5. The second kappa shape index (κ2) is 6.90. The fraction of sp³-hybridized carbons (Fsp3) is 0.200. The summed E-state index contributed by atoms with van der Waals surface area (Å²) in [6.07, 6.45) is 3.51. The van der Waals surface area contributed by atoms with Crippen LogP contribution in [0.1, 0.15) is 22.5 Å². The number of nitrogens with one attached hydrogen (secondary N) is 1. The number of aromatic nitrogens is 1. The highest BCUT2D eigenvalue weighted by molar-refractivity contribution is 6.30. The van der Waals surface area contributed by atoms with Gasteiger partial charge >= 0.3 is 0 Å². The number of rotatable bonds is 5. The molecule has 0 aliphatic rings. The van der Waals surface area contributed by atoms with Crippen LogP contribution in [-0.2, 0) is 6.42 Å². The van der Waals surface area contributed by atoms with Gasteiger partial charge in [-0.05, 0) is 49.2 Å². The van der Waals surface area contributed by atoms with E-state index in [1.807, 2.05) is 18.2 Å². The molecule has 2 rings (SSSR count). The van der Waals surface area contributed by atoms with Gasteiger partial charge in [0.15, 0.2) is 0 Å². The number of hydrogen-bond donors (Lipinski definition) is 1. The van der Waals surface area contributed by atoms with Crippen LogP contribution in [0.5, 0.6) is 0 Å². The molecule has 0 saturated carbocycles. The number of benzene rings is 1. The van der Waals surface area contributed by atoms with Gasteiger partial charge in [0, 0.05) is 29.0 Å². The minimum absolute atomic E-state index is 0.0716. The highest BCUT2D eigenvalue weighted by Crippen LogP contribution is 2.09. The molecule has 2 aromatic rings. The molecule has 1 aromatic carbocycles. The van der Waals surface area contributed by atoms with Gasteiger partial charge in [-0.25, -0.2) is 0 Å². The van der Waals surface area contributed by atoms with Crippen molar-refractivity contribution in [3.8, 4) is 0 Å². The maximum Gasteiger partial charge on any atom is 0.251 e. The van der Waals surface area contributed by atoms with Crippen LogP contribution >= 0.6 is 11.6 Å². The first-order chi connectivity index (χ1) is 9.25. The predicted octanol–water partition coefficient (Wildman–Crippen LogP) is 3.10. The summed E-state index contributed by atoms with van der Waals surface area (Å²) in [7, 11) is 0. The van der Waals surface area contributed by atoms with Crippen LogP contribution in [0, 0.1) is 0 Å². The van der Waals surface area contributed by atoms with Crippen molar-refractivity contribution in [3.05, 3.63) is 64.9 Å². The van der Waals surface area contributed by atoms with E-state index in [0.717, 1.165) is 18.5 Å². The lowest BCUT2D eigenvalue weighted by Crippen LogP contribution is -2.24. The first-order valence-electron chi connectivity index (χ1n) is 6.19. The highest BCUT2D eigenvalue weighted by atomic mass is 35.5. The average molecular weight is 275 g/mol. The first kappa shape index (κ1) is 13.6. The molecule has 0 radical (unpaired) electrons. The van der Waals surface area contributed by atoms with Crippen molar-refractivity contribution >= 4 is 17.5 Å². The van der Waals surface area contributed by atoms with E-state index in [1.54, 1.807) is 30.5 Å². The summed E-state index contributed by atoms with van der Waals surface area (Å²) in [6.45, 7) is 0.637. The van der Waals surface area contributed by atoms with E-state index in [0.29, 0.717) is 17.1 Å². The molecule has 0 saturated heterocycles. The molecule has 0 fully saturated rings. The summed E-state index contributed by atoms with van der Waals surface area (Å²) >= 11 is 5.77. The van der Waals surface area contributed by atoms with Gasteiger partial charge in [0.25, 0.3) is 5.91 Å². The molecule has 3 nitrogen and oxygen atoms in total. The quantitative estimate of drug-likeness (QED) is 0.852. The second-order valence-electron chi connectivity index (χ2n) is 4.19. The van der Waals surface area contributed by atoms with Crippen LogP contribution < -0.4 is 5.32 Å². The molecule has 98 valence electrons. The third-order valence-electron chi connectivity index (χ3n) is 2.73. The standard InChI is InChI=1S/C15H15ClN2O/c16-13-8-6-12(7-9-13)15(19)18-11-3-5-14-4-1-2-10-17-14/h1-2,4,6-10H,3,5,11H2,(H,18,19). The Kier molecular flexibility index (Phi) is 4.93. The van der Waals surface area contributed by atoms with Crippen LogP contribution in [-0.4, -0.2) is 17.4 Å². The zero-order valence-corrected chi connectivity index (χ0v) is 11.2. The van der Waals surface area contributed by atoms with E-state index in [9.17, 15) is 4.79 Å². The summed E-state index contributed by atoms with van der Waals surface area (Å²) in [4.78, 5) is 16.0. The van der Waals surface area contributed by atoms with Crippen molar-refractivity contribution < 1.29 is 4.79 Å². The first-order valence-corrected chi connectivity index (χ1v) is 6.57. The summed E-state index contributed by atoms with van der Waals surface area (Å²) in [5, 5.41) is 3.51. The van der Waals surface area contributed by atoms with Gasteiger partial charge in [-0.15, -0.1) is 0 Å². The van der Waals surface area contributed by atoms with Crippen molar-refractivity contribution in [1.82, 2.24) is 10.3 Å². The number of pyridine rings is 1. The molecule has 0 spiro atoms. The van der Waals surface area contributed by atoms with Crippen LogP contribution in [0.25, 0.3) is 0 Å². The second-order valence-corrected chi connectivity index (χ2v) is 4.62. The van der Waals surface area contributed by atoms with Gasteiger partial charge < -0.3 is 5.32 Å². The van der Waals surface area contributed by atoms with Crippen LogP contribution in [0.4, 0.5) is 0 Å². The Morgan fingerprint density at radius 2 is 1.95 bits per heavy atom. The van der Waals surface area contributed by atoms with Gasteiger partial charge in [0.05, 0.1) is 0 Å². The largest absolute Gasteiger partial charge is 0.352 e. The maximum absolute atomic E-state index is 11.8. The molecule has 1 amide bonds. The fourth-order valence-corrected chi connectivity index (χ4v) is 1.85. The Morgan fingerprint density at radius 1 is 1.16 bits per heavy atom. The summed E-state index contributed by atoms with van der Waals surface area (Å²) in [5.74, 6) is -0.0716. The minimum atomic E-state index is -0.0716. The van der Waals surface area contributed by atoms with E-state index in [4.69, 9.17) is 11.6 Å². The Labute approximate surface area is 117 Å². The van der Waals surface area contributed by atoms with Crippen LogP contribution in [0.2, 0.25) is 5.02 Å². The molecule has 1 heterocycles. The minimum Gasteiger partial charge on any atom is -0.352 e. The van der Waals surface area contributed by atoms with Crippen molar-refractivity contribution in [3.63, 3.8) is 0 Å².